The first kappa shape index (κ1) is 23.7. The summed E-state index contributed by atoms with van der Waals surface area (Å²) in [6.07, 6.45) is 0.985. The van der Waals surface area contributed by atoms with Gasteiger partial charge in [0, 0.05) is 13.0 Å². The lowest BCUT2D eigenvalue weighted by atomic mass is 10.1. The summed E-state index contributed by atoms with van der Waals surface area (Å²) in [5.74, 6) is -0.811. The number of benzene rings is 2. The molecule has 3 rings (SSSR count). The summed E-state index contributed by atoms with van der Waals surface area (Å²) >= 11 is 6.43. The Morgan fingerprint density at radius 1 is 1.09 bits per heavy atom. The van der Waals surface area contributed by atoms with E-state index < -0.39 is 17.6 Å². The summed E-state index contributed by atoms with van der Waals surface area (Å²) in [5, 5.41) is 2.30. The lowest BCUT2D eigenvalue weighted by Crippen LogP contribution is -2.29. The molecule has 0 atom stereocenters. The predicted octanol–water partition coefficient (Wildman–Crippen LogP) is 5.88. The average molecular weight is 477 g/mol. The van der Waals surface area contributed by atoms with E-state index in [9.17, 15) is 22.8 Å². The van der Waals surface area contributed by atoms with Crippen LogP contribution in [0.15, 0.2) is 71.7 Å². The van der Waals surface area contributed by atoms with Gasteiger partial charge in [-0.05, 0) is 30.2 Å². The van der Waals surface area contributed by atoms with Crippen molar-refractivity contribution in [1.82, 2.24) is 4.90 Å². The number of allylic oxidation sites excluding steroid dienone is 2. The van der Waals surface area contributed by atoms with Crippen LogP contribution in [0.3, 0.4) is 0 Å². The van der Waals surface area contributed by atoms with Crippen molar-refractivity contribution in [3.63, 3.8) is 0 Å². The molecule has 0 bridgehead atoms. The lowest BCUT2D eigenvalue weighted by Gasteiger charge is -2.15. The molecule has 2 aromatic carbocycles. The molecule has 2 amide bonds. The average Bonchev–Trinajstić information content (AvgIpc) is 3.02. The first-order valence-corrected chi connectivity index (χ1v) is 10.9. The minimum atomic E-state index is -4.56. The van der Waals surface area contributed by atoms with E-state index in [4.69, 9.17) is 12.2 Å². The number of halogens is 3. The molecule has 4 nitrogen and oxygen atoms in total. The lowest BCUT2D eigenvalue weighted by molar-refractivity contribution is -0.137. The van der Waals surface area contributed by atoms with Gasteiger partial charge in [0.2, 0.25) is 5.91 Å². The summed E-state index contributed by atoms with van der Waals surface area (Å²) in [4.78, 5) is 26.6. The van der Waals surface area contributed by atoms with Crippen LogP contribution in [0.5, 0.6) is 0 Å². The Hall–Kier alpha value is -2.91. The Labute approximate surface area is 193 Å². The molecule has 1 aliphatic rings. The number of carbonyl (C=O) groups is 2. The second-order valence-corrected chi connectivity index (χ2v) is 8.50. The molecule has 166 valence electrons. The van der Waals surface area contributed by atoms with Gasteiger partial charge in [0.1, 0.15) is 4.32 Å². The van der Waals surface area contributed by atoms with Crippen molar-refractivity contribution in [2.45, 2.75) is 19.0 Å². The van der Waals surface area contributed by atoms with E-state index in [0.29, 0.717) is 9.23 Å². The molecule has 9 heteroatoms. The van der Waals surface area contributed by atoms with Crippen molar-refractivity contribution < 1.29 is 22.8 Å². The van der Waals surface area contributed by atoms with E-state index in [1.165, 1.54) is 34.9 Å². The number of nitrogens with one attached hydrogen (secondary N) is 1. The molecule has 1 aliphatic heterocycles. The molecule has 0 saturated carbocycles. The molecule has 1 heterocycles. The first-order chi connectivity index (χ1) is 15.3. The van der Waals surface area contributed by atoms with Crippen molar-refractivity contribution in [2.24, 2.45) is 0 Å². The fourth-order valence-electron chi connectivity index (χ4n) is 2.97. The number of hydrogen-bond donors (Lipinski definition) is 1. The number of hydrogen-bond acceptors (Lipinski definition) is 4. The summed E-state index contributed by atoms with van der Waals surface area (Å²) in [7, 11) is 0. The van der Waals surface area contributed by atoms with Crippen LogP contribution in [0.4, 0.5) is 18.9 Å². The van der Waals surface area contributed by atoms with E-state index in [0.717, 1.165) is 11.6 Å². The Kier molecular flexibility index (Phi) is 7.87. The van der Waals surface area contributed by atoms with E-state index in [1.54, 1.807) is 12.2 Å². The normalized spacial score (nSPS) is 15.7. The van der Waals surface area contributed by atoms with Gasteiger partial charge in [-0.2, -0.15) is 13.2 Å². The van der Waals surface area contributed by atoms with Crippen LogP contribution in [0.2, 0.25) is 0 Å². The topological polar surface area (TPSA) is 49.4 Å². The van der Waals surface area contributed by atoms with Gasteiger partial charge < -0.3 is 5.32 Å². The molecule has 1 saturated heterocycles. The fraction of sp³-hybridized carbons (Fsp3) is 0.174. The van der Waals surface area contributed by atoms with Crippen molar-refractivity contribution in [3.8, 4) is 0 Å². The Morgan fingerprint density at radius 2 is 1.78 bits per heavy atom. The number of anilines is 1. The minimum Gasteiger partial charge on any atom is -0.326 e. The SMILES string of the molecule is O=C(CCCN1C(=O)C(=CC=Cc2ccccc2)SC1=S)Nc1ccccc1C(F)(F)F. The molecular formula is C23H19F3N2O2S2. The third-order valence-electron chi connectivity index (χ3n) is 4.50. The highest BCUT2D eigenvalue weighted by atomic mass is 32.2. The van der Waals surface area contributed by atoms with Gasteiger partial charge in [0.25, 0.3) is 5.91 Å². The van der Waals surface area contributed by atoms with Crippen LogP contribution in [-0.2, 0) is 15.8 Å². The van der Waals surface area contributed by atoms with E-state index in [1.807, 2.05) is 36.4 Å². The van der Waals surface area contributed by atoms with Crippen molar-refractivity contribution in [2.75, 3.05) is 11.9 Å². The summed E-state index contributed by atoms with van der Waals surface area (Å²) < 4.78 is 39.5. The number of alkyl halides is 3. The Morgan fingerprint density at radius 3 is 2.50 bits per heavy atom. The largest absolute Gasteiger partial charge is 0.418 e. The fourth-order valence-corrected chi connectivity index (χ4v) is 4.23. The number of thiocarbonyl (C=S) groups is 1. The zero-order valence-corrected chi connectivity index (χ0v) is 18.4. The molecule has 32 heavy (non-hydrogen) atoms. The van der Waals surface area contributed by atoms with Gasteiger partial charge in [-0.1, -0.05) is 78.6 Å². The summed E-state index contributed by atoms with van der Waals surface area (Å²) in [6, 6.07) is 14.4. The van der Waals surface area contributed by atoms with Crippen LogP contribution in [0.25, 0.3) is 6.08 Å². The van der Waals surface area contributed by atoms with Gasteiger partial charge in [0.15, 0.2) is 0 Å². The standard InChI is InChI=1S/C23H19F3N2O2S2/c24-23(25,26)17-11-4-5-12-18(17)27-20(29)14-7-15-28-21(30)19(32-22(28)31)13-6-10-16-8-2-1-3-9-16/h1-6,8-13H,7,14-15H2,(H,27,29). The van der Waals surface area contributed by atoms with E-state index in [2.05, 4.69) is 5.32 Å². The van der Waals surface area contributed by atoms with Crippen molar-refractivity contribution in [1.29, 1.82) is 0 Å². The predicted molar refractivity (Wildman–Crippen MR) is 125 cm³/mol. The smallest absolute Gasteiger partial charge is 0.326 e. The third-order valence-corrected chi connectivity index (χ3v) is 5.90. The highest BCUT2D eigenvalue weighted by Gasteiger charge is 2.34. The van der Waals surface area contributed by atoms with Crippen LogP contribution in [-0.4, -0.2) is 27.6 Å². The third kappa shape index (κ3) is 6.30. The van der Waals surface area contributed by atoms with Crippen LogP contribution in [0.1, 0.15) is 24.0 Å². The zero-order chi connectivity index (χ0) is 23.1. The van der Waals surface area contributed by atoms with E-state index >= 15 is 0 Å². The zero-order valence-electron chi connectivity index (χ0n) is 16.8. The maximum absolute atomic E-state index is 13.0. The van der Waals surface area contributed by atoms with Gasteiger partial charge >= 0.3 is 6.18 Å². The molecule has 1 fully saturated rings. The Bertz CT molecular complexity index is 1070. The second-order valence-electron chi connectivity index (χ2n) is 6.82. The van der Waals surface area contributed by atoms with Crippen molar-refractivity contribution >= 4 is 51.9 Å². The number of rotatable bonds is 7. The molecule has 0 radical (unpaired) electrons. The maximum atomic E-state index is 13.0. The van der Waals surface area contributed by atoms with Gasteiger partial charge in [-0.25, -0.2) is 0 Å². The summed E-state index contributed by atoms with van der Waals surface area (Å²) in [6.45, 7) is 0.207. The maximum Gasteiger partial charge on any atom is 0.418 e. The number of carbonyl (C=O) groups excluding carboxylic acids is 2. The quantitative estimate of drug-likeness (QED) is 0.400. The number of nitrogens with zero attached hydrogens (tertiary/aromatic N) is 1. The van der Waals surface area contributed by atoms with Crippen LogP contribution >= 0.6 is 24.0 Å². The molecule has 0 unspecified atom stereocenters. The molecule has 0 aliphatic carbocycles. The van der Waals surface area contributed by atoms with Crippen molar-refractivity contribution in [3.05, 3.63) is 82.8 Å². The highest BCUT2D eigenvalue weighted by Crippen LogP contribution is 2.35. The molecule has 0 spiro atoms. The van der Waals surface area contributed by atoms with Gasteiger partial charge in [-0.15, -0.1) is 0 Å². The Balaban J connectivity index is 1.52. The minimum absolute atomic E-state index is 0.0454. The van der Waals surface area contributed by atoms with E-state index in [-0.39, 0.29) is 31.0 Å². The number of para-hydroxylation sites is 1. The van der Waals surface area contributed by atoms with Gasteiger partial charge in [0.05, 0.1) is 16.2 Å². The van der Waals surface area contributed by atoms with Crippen LogP contribution < -0.4 is 5.32 Å². The first-order valence-electron chi connectivity index (χ1n) is 9.69. The molecule has 1 N–H and O–H groups in total. The monoisotopic (exact) mass is 476 g/mol. The van der Waals surface area contributed by atoms with Crippen LogP contribution in [0, 0.1) is 0 Å². The second kappa shape index (κ2) is 10.6. The molecule has 0 aromatic heterocycles. The molecule has 2 aromatic rings. The molecular weight excluding hydrogens is 457 g/mol. The summed E-state index contributed by atoms with van der Waals surface area (Å²) in [5.41, 5.74) is -0.194. The number of amides is 2. The highest BCUT2D eigenvalue weighted by molar-refractivity contribution is 8.26. The van der Waals surface area contributed by atoms with Gasteiger partial charge in [-0.3, -0.25) is 14.5 Å². The number of thioether (sulfide) groups is 1.